The fourth-order valence-corrected chi connectivity index (χ4v) is 3.42. The molecule has 2 atom stereocenters. The minimum atomic E-state index is -1.11. The molecule has 29 heavy (non-hydrogen) atoms. The van der Waals surface area contributed by atoms with Gasteiger partial charge in [0.15, 0.2) is 5.78 Å². The lowest BCUT2D eigenvalue weighted by Crippen LogP contribution is -2.41. The molecule has 0 radical (unpaired) electrons. The number of urea groups is 1. The van der Waals surface area contributed by atoms with Crippen molar-refractivity contribution in [2.45, 2.75) is 38.3 Å². The van der Waals surface area contributed by atoms with E-state index in [1.54, 1.807) is 29.2 Å². The van der Waals surface area contributed by atoms with Crippen LogP contribution in [0.5, 0.6) is 5.75 Å². The van der Waals surface area contributed by atoms with Crippen LogP contribution < -0.4 is 10.1 Å². The second-order valence-corrected chi connectivity index (χ2v) is 7.29. The summed E-state index contributed by atoms with van der Waals surface area (Å²) in [5.74, 6) is -0.384. The minimum absolute atomic E-state index is 0.0779. The van der Waals surface area contributed by atoms with Crippen LogP contribution in [0.1, 0.15) is 36.5 Å². The number of Topliss-reactive ketones (excluding diaryl/α,β-unsaturated/α-hetero) is 1. The largest absolute Gasteiger partial charge is 0.491 e. The lowest BCUT2D eigenvalue weighted by Gasteiger charge is -2.19. The van der Waals surface area contributed by atoms with E-state index in [2.05, 4.69) is 5.32 Å². The SMILES string of the molecule is CC(=O)c1cccc(OCC(O)CN2C(=O)NC(CC(=O)N3CCCC3)C2=O)c1. The fourth-order valence-electron chi connectivity index (χ4n) is 3.42. The van der Waals surface area contributed by atoms with Gasteiger partial charge >= 0.3 is 6.03 Å². The zero-order valence-corrected chi connectivity index (χ0v) is 16.3. The summed E-state index contributed by atoms with van der Waals surface area (Å²) in [7, 11) is 0. The summed E-state index contributed by atoms with van der Waals surface area (Å²) in [4.78, 5) is 50.8. The molecule has 2 unspecified atom stereocenters. The number of ether oxygens (including phenoxy) is 1. The second-order valence-electron chi connectivity index (χ2n) is 7.29. The molecule has 0 aliphatic carbocycles. The molecular formula is C20H25N3O6. The topological polar surface area (TPSA) is 116 Å². The smallest absolute Gasteiger partial charge is 0.324 e. The van der Waals surface area contributed by atoms with Crippen LogP contribution in [0.25, 0.3) is 0 Å². The molecule has 2 heterocycles. The highest BCUT2D eigenvalue weighted by atomic mass is 16.5. The van der Waals surface area contributed by atoms with Crippen molar-refractivity contribution in [2.24, 2.45) is 0 Å². The van der Waals surface area contributed by atoms with Gasteiger partial charge in [-0.05, 0) is 31.9 Å². The molecule has 2 saturated heterocycles. The Balaban J connectivity index is 1.50. The standard InChI is InChI=1S/C20H25N3O6/c1-13(24)14-5-4-6-16(9-14)29-12-15(25)11-23-19(27)17(21-20(23)28)10-18(26)22-7-2-3-8-22/h4-6,9,15,17,25H,2-3,7-8,10-12H2,1H3,(H,21,28). The molecule has 156 valence electrons. The first-order chi connectivity index (χ1) is 13.8. The number of hydrogen-bond acceptors (Lipinski definition) is 6. The molecule has 9 nitrogen and oxygen atoms in total. The Bertz CT molecular complexity index is 805. The molecule has 9 heteroatoms. The number of aliphatic hydroxyl groups excluding tert-OH is 1. The average Bonchev–Trinajstić information content (AvgIpc) is 3.32. The van der Waals surface area contributed by atoms with Gasteiger partial charge in [0.05, 0.1) is 13.0 Å². The van der Waals surface area contributed by atoms with E-state index >= 15 is 0 Å². The number of nitrogens with one attached hydrogen (secondary N) is 1. The lowest BCUT2D eigenvalue weighted by molar-refractivity contribution is -0.135. The molecule has 0 spiro atoms. The third kappa shape index (κ3) is 5.11. The normalized spacial score (nSPS) is 20.0. The monoisotopic (exact) mass is 403 g/mol. The maximum atomic E-state index is 12.5. The van der Waals surface area contributed by atoms with Crippen LogP contribution in [0, 0.1) is 0 Å². The van der Waals surface area contributed by atoms with E-state index in [1.807, 2.05) is 0 Å². The van der Waals surface area contributed by atoms with Crippen LogP contribution in [-0.2, 0) is 9.59 Å². The van der Waals surface area contributed by atoms with Crippen LogP contribution >= 0.6 is 0 Å². The first-order valence-electron chi connectivity index (χ1n) is 9.66. The molecule has 1 aromatic carbocycles. The van der Waals surface area contributed by atoms with E-state index in [0.29, 0.717) is 24.4 Å². The Labute approximate surface area is 168 Å². The summed E-state index contributed by atoms with van der Waals surface area (Å²) in [6.07, 6.45) is 0.707. The van der Waals surface area contributed by atoms with Gasteiger partial charge in [0.1, 0.15) is 24.5 Å². The van der Waals surface area contributed by atoms with Crippen molar-refractivity contribution in [3.63, 3.8) is 0 Å². The number of imide groups is 1. The van der Waals surface area contributed by atoms with Crippen molar-refractivity contribution in [3.8, 4) is 5.75 Å². The molecule has 3 rings (SSSR count). The Kier molecular flexibility index (Phi) is 6.48. The molecule has 0 saturated carbocycles. The number of benzene rings is 1. The van der Waals surface area contributed by atoms with E-state index in [4.69, 9.17) is 4.74 Å². The predicted octanol–water partition coefficient (Wildman–Crippen LogP) is 0.562. The lowest BCUT2D eigenvalue weighted by atomic mass is 10.1. The molecule has 1 aromatic rings. The van der Waals surface area contributed by atoms with Gasteiger partial charge in [-0.1, -0.05) is 12.1 Å². The first-order valence-corrected chi connectivity index (χ1v) is 9.66. The number of hydrogen-bond donors (Lipinski definition) is 2. The van der Waals surface area contributed by atoms with Crippen LogP contribution in [0.15, 0.2) is 24.3 Å². The van der Waals surface area contributed by atoms with Crippen molar-refractivity contribution in [1.82, 2.24) is 15.1 Å². The van der Waals surface area contributed by atoms with E-state index in [9.17, 15) is 24.3 Å². The number of aliphatic hydroxyl groups is 1. The minimum Gasteiger partial charge on any atom is -0.491 e. The summed E-state index contributed by atoms with van der Waals surface area (Å²) in [6.45, 7) is 2.40. The highest BCUT2D eigenvalue weighted by molar-refractivity contribution is 6.05. The molecule has 4 amide bonds. The Morgan fingerprint density at radius 3 is 2.69 bits per heavy atom. The van der Waals surface area contributed by atoms with Crippen molar-refractivity contribution in [3.05, 3.63) is 29.8 Å². The van der Waals surface area contributed by atoms with Gasteiger partial charge in [0.2, 0.25) is 5.91 Å². The van der Waals surface area contributed by atoms with Crippen molar-refractivity contribution < 1.29 is 29.0 Å². The third-order valence-electron chi connectivity index (χ3n) is 5.02. The maximum absolute atomic E-state index is 12.5. The number of nitrogens with zero attached hydrogens (tertiary/aromatic N) is 2. The van der Waals surface area contributed by atoms with Gasteiger partial charge in [-0.2, -0.15) is 0 Å². The molecule has 2 aliphatic heterocycles. The first kappa shape index (κ1) is 20.8. The highest BCUT2D eigenvalue weighted by Gasteiger charge is 2.40. The number of rotatable bonds is 8. The maximum Gasteiger partial charge on any atom is 0.324 e. The summed E-state index contributed by atoms with van der Waals surface area (Å²) >= 11 is 0. The average molecular weight is 403 g/mol. The Morgan fingerprint density at radius 1 is 1.28 bits per heavy atom. The van der Waals surface area contributed by atoms with Crippen LogP contribution in [-0.4, -0.2) is 76.9 Å². The number of β-amino-alcohol motifs (C(OH)–C–C–N with tert-alkyl or cyclic N) is 1. The number of carbonyl (C=O) groups excluding carboxylic acids is 4. The molecule has 0 bridgehead atoms. The Hall–Kier alpha value is -2.94. The third-order valence-corrected chi connectivity index (χ3v) is 5.02. The van der Waals surface area contributed by atoms with Crippen molar-refractivity contribution in [1.29, 1.82) is 0 Å². The summed E-state index contributed by atoms with van der Waals surface area (Å²) < 4.78 is 5.47. The van der Waals surface area contributed by atoms with Crippen molar-refractivity contribution >= 4 is 23.6 Å². The van der Waals surface area contributed by atoms with Crippen LogP contribution in [0.4, 0.5) is 4.79 Å². The van der Waals surface area contributed by atoms with Gasteiger partial charge < -0.3 is 20.1 Å². The Morgan fingerprint density at radius 2 is 2.00 bits per heavy atom. The molecular weight excluding hydrogens is 378 g/mol. The van der Waals surface area contributed by atoms with Gasteiger partial charge in [-0.25, -0.2) is 4.79 Å². The van der Waals surface area contributed by atoms with Gasteiger partial charge in [-0.3, -0.25) is 19.3 Å². The summed E-state index contributed by atoms with van der Waals surface area (Å²) in [5, 5.41) is 12.7. The zero-order valence-electron chi connectivity index (χ0n) is 16.3. The molecule has 0 aromatic heterocycles. The van der Waals surface area contributed by atoms with E-state index in [1.165, 1.54) is 6.92 Å². The van der Waals surface area contributed by atoms with Crippen LogP contribution in [0.2, 0.25) is 0 Å². The number of amides is 4. The van der Waals surface area contributed by atoms with Gasteiger partial charge in [0.25, 0.3) is 5.91 Å². The number of carbonyl (C=O) groups is 4. The quantitative estimate of drug-likeness (QED) is 0.484. The second kappa shape index (κ2) is 9.04. The van der Waals surface area contributed by atoms with Gasteiger partial charge in [-0.15, -0.1) is 0 Å². The molecule has 2 aliphatic rings. The summed E-state index contributed by atoms with van der Waals surface area (Å²) in [5.41, 5.74) is 0.483. The van der Waals surface area contributed by atoms with Gasteiger partial charge in [0, 0.05) is 18.7 Å². The molecule has 2 N–H and O–H groups in total. The molecule has 2 fully saturated rings. The fraction of sp³-hybridized carbons (Fsp3) is 0.500. The van der Waals surface area contributed by atoms with Crippen LogP contribution in [0.3, 0.4) is 0 Å². The highest BCUT2D eigenvalue weighted by Crippen LogP contribution is 2.16. The predicted molar refractivity (Wildman–Crippen MR) is 102 cm³/mol. The number of likely N-dealkylation sites (tertiary alicyclic amines) is 1. The van der Waals surface area contributed by atoms with E-state index in [-0.39, 0.29) is 31.3 Å². The number of ketones is 1. The van der Waals surface area contributed by atoms with E-state index in [0.717, 1.165) is 17.7 Å². The van der Waals surface area contributed by atoms with Crippen molar-refractivity contribution in [2.75, 3.05) is 26.2 Å². The van der Waals surface area contributed by atoms with E-state index < -0.39 is 24.1 Å². The zero-order chi connectivity index (χ0) is 21.0. The summed E-state index contributed by atoms with van der Waals surface area (Å²) in [6, 6.07) is 4.98.